The molecule has 0 heterocycles. The second-order valence-corrected chi connectivity index (χ2v) is 5.57. The van der Waals surface area contributed by atoms with Crippen molar-refractivity contribution in [1.82, 2.24) is 0 Å². The van der Waals surface area contributed by atoms with E-state index in [-0.39, 0.29) is 5.92 Å². The summed E-state index contributed by atoms with van der Waals surface area (Å²) in [5.74, 6) is 2.00. The Labute approximate surface area is 132 Å². The molecule has 0 aliphatic heterocycles. The number of nitrogens with two attached hydrogens (primary N) is 2. The van der Waals surface area contributed by atoms with Crippen LogP contribution in [0.4, 0.5) is 0 Å². The van der Waals surface area contributed by atoms with Crippen molar-refractivity contribution in [1.29, 1.82) is 0 Å². The molecular weight excluding hydrogens is 288 g/mol. The summed E-state index contributed by atoms with van der Waals surface area (Å²) in [6.07, 6.45) is 0.909. The Morgan fingerprint density at radius 1 is 1.05 bits per heavy atom. The first-order valence-corrected chi connectivity index (χ1v) is 7.94. The van der Waals surface area contributed by atoms with Crippen LogP contribution in [0.25, 0.3) is 0 Å². The van der Waals surface area contributed by atoms with E-state index in [1.165, 1.54) is 0 Å². The fourth-order valence-electron chi connectivity index (χ4n) is 2.38. The van der Waals surface area contributed by atoms with Gasteiger partial charge in [0.25, 0.3) is 0 Å². The summed E-state index contributed by atoms with van der Waals surface area (Å²) < 4.78 is 11.2. The molecule has 0 radical (unpaired) electrons. The fourth-order valence-corrected chi connectivity index (χ4v) is 2.72. The highest BCUT2D eigenvalue weighted by atomic mass is 35.5. The van der Waals surface area contributed by atoms with Crippen LogP contribution in [-0.4, -0.2) is 26.3 Å². The van der Waals surface area contributed by atoms with E-state index in [0.29, 0.717) is 43.0 Å². The molecule has 5 heteroatoms. The molecule has 0 aliphatic carbocycles. The molecule has 0 bridgehead atoms. The summed E-state index contributed by atoms with van der Waals surface area (Å²) >= 11 is 6.40. The lowest BCUT2D eigenvalue weighted by Gasteiger charge is -2.21. The van der Waals surface area contributed by atoms with Gasteiger partial charge in [0.05, 0.1) is 13.2 Å². The minimum absolute atomic E-state index is 0.268. The molecule has 1 rings (SSSR count). The molecule has 1 atom stereocenters. The third kappa shape index (κ3) is 5.06. The van der Waals surface area contributed by atoms with Gasteiger partial charge in [-0.3, -0.25) is 0 Å². The van der Waals surface area contributed by atoms with Crippen molar-refractivity contribution in [2.45, 2.75) is 33.1 Å². The van der Waals surface area contributed by atoms with Gasteiger partial charge in [-0.25, -0.2) is 0 Å². The zero-order valence-corrected chi connectivity index (χ0v) is 14.0. The highest BCUT2D eigenvalue weighted by molar-refractivity contribution is 6.31. The normalized spacial score (nSPS) is 12.5. The van der Waals surface area contributed by atoms with Crippen molar-refractivity contribution in [3.63, 3.8) is 0 Å². The molecule has 21 heavy (non-hydrogen) atoms. The second kappa shape index (κ2) is 9.13. The van der Waals surface area contributed by atoms with Crippen molar-refractivity contribution >= 4 is 11.6 Å². The van der Waals surface area contributed by atoms with E-state index < -0.39 is 0 Å². The molecule has 0 saturated carbocycles. The van der Waals surface area contributed by atoms with E-state index in [4.69, 9.17) is 32.5 Å². The summed E-state index contributed by atoms with van der Waals surface area (Å²) in [4.78, 5) is 0. The Morgan fingerprint density at radius 3 is 2.05 bits per heavy atom. The van der Waals surface area contributed by atoms with Crippen LogP contribution in [0, 0.1) is 5.92 Å². The monoisotopic (exact) mass is 314 g/mol. The minimum atomic E-state index is 0.268. The lowest BCUT2D eigenvalue weighted by Crippen LogP contribution is -2.24. The summed E-state index contributed by atoms with van der Waals surface area (Å²) in [6.45, 7) is 8.37. The molecule has 4 N–H and O–H groups in total. The van der Waals surface area contributed by atoms with Crippen LogP contribution < -0.4 is 20.9 Å². The first kappa shape index (κ1) is 18.1. The van der Waals surface area contributed by atoms with Gasteiger partial charge in [0.2, 0.25) is 0 Å². The van der Waals surface area contributed by atoms with Crippen LogP contribution in [0.15, 0.2) is 12.1 Å². The van der Waals surface area contributed by atoms with Gasteiger partial charge >= 0.3 is 0 Å². The first-order valence-electron chi connectivity index (χ1n) is 7.56. The Hall–Kier alpha value is -0.970. The highest BCUT2D eigenvalue weighted by Gasteiger charge is 2.18. The van der Waals surface area contributed by atoms with Crippen LogP contribution in [0.3, 0.4) is 0 Å². The van der Waals surface area contributed by atoms with Crippen LogP contribution in [0.2, 0.25) is 5.02 Å². The van der Waals surface area contributed by atoms with Gasteiger partial charge in [0, 0.05) is 11.1 Å². The van der Waals surface area contributed by atoms with E-state index in [1.807, 2.05) is 26.0 Å². The zero-order valence-electron chi connectivity index (χ0n) is 13.2. The average Bonchev–Trinajstić information content (AvgIpc) is 2.47. The van der Waals surface area contributed by atoms with E-state index in [2.05, 4.69) is 6.92 Å². The molecule has 0 aliphatic rings. The van der Waals surface area contributed by atoms with Gasteiger partial charge in [-0.15, -0.1) is 0 Å². The van der Waals surface area contributed by atoms with E-state index in [9.17, 15) is 0 Å². The quantitative estimate of drug-likeness (QED) is 0.734. The van der Waals surface area contributed by atoms with Crippen LogP contribution in [-0.2, 0) is 0 Å². The van der Waals surface area contributed by atoms with Gasteiger partial charge in [-0.2, -0.15) is 0 Å². The molecule has 0 spiro atoms. The van der Waals surface area contributed by atoms with Crippen LogP contribution in [0.1, 0.15) is 38.7 Å². The molecule has 0 saturated heterocycles. The zero-order chi connectivity index (χ0) is 15.8. The molecule has 1 aromatic carbocycles. The van der Waals surface area contributed by atoms with Crippen molar-refractivity contribution in [3.8, 4) is 11.5 Å². The Morgan fingerprint density at radius 2 is 1.57 bits per heavy atom. The predicted molar refractivity (Wildman–Crippen MR) is 88.4 cm³/mol. The summed E-state index contributed by atoms with van der Waals surface area (Å²) in [5.41, 5.74) is 12.5. The van der Waals surface area contributed by atoms with E-state index in [1.54, 1.807) is 0 Å². The van der Waals surface area contributed by atoms with Gasteiger partial charge < -0.3 is 20.9 Å². The summed E-state index contributed by atoms with van der Waals surface area (Å²) in [7, 11) is 0. The molecule has 1 aromatic rings. The van der Waals surface area contributed by atoms with E-state index in [0.717, 1.165) is 17.7 Å². The standard InChI is InChI=1S/C16H27ClN2O2/c1-4-20-15-7-13(11(3)6-12(9-18)10-19)14(17)8-16(15)21-5-2/h7-8,11-12H,4-6,9-10,18-19H2,1-3H3. The van der Waals surface area contributed by atoms with Gasteiger partial charge in [0.1, 0.15) is 0 Å². The highest BCUT2D eigenvalue weighted by Crippen LogP contribution is 2.38. The molecule has 4 nitrogen and oxygen atoms in total. The maximum Gasteiger partial charge on any atom is 0.162 e. The number of hydrogen-bond acceptors (Lipinski definition) is 4. The third-order valence-corrected chi connectivity index (χ3v) is 3.87. The van der Waals surface area contributed by atoms with Gasteiger partial charge in [-0.05, 0) is 56.8 Å². The lowest BCUT2D eigenvalue weighted by molar-refractivity contribution is 0.287. The number of benzene rings is 1. The maximum absolute atomic E-state index is 6.40. The topological polar surface area (TPSA) is 70.5 Å². The largest absolute Gasteiger partial charge is 0.490 e. The minimum Gasteiger partial charge on any atom is -0.490 e. The van der Waals surface area contributed by atoms with E-state index >= 15 is 0 Å². The number of halogens is 1. The lowest BCUT2D eigenvalue weighted by atomic mass is 9.90. The number of rotatable bonds is 9. The third-order valence-electron chi connectivity index (χ3n) is 3.55. The fraction of sp³-hybridized carbons (Fsp3) is 0.625. The predicted octanol–water partition coefficient (Wildman–Crippen LogP) is 3.16. The number of ether oxygens (including phenoxy) is 2. The van der Waals surface area contributed by atoms with Crippen molar-refractivity contribution in [2.75, 3.05) is 26.3 Å². The SMILES string of the molecule is CCOc1cc(Cl)c(C(C)CC(CN)CN)cc1OCC. The summed E-state index contributed by atoms with van der Waals surface area (Å²) in [6, 6.07) is 3.81. The van der Waals surface area contributed by atoms with Crippen LogP contribution >= 0.6 is 11.6 Å². The molecular formula is C16H27ClN2O2. The van der Waals surface area contributed by atoms with Crippen molar-refractivity contribution in [2.24, 2.45) is 17.4 Å². The van der Waals surface area contributed by atoms with Gasteiger partial charge in [-0.1, -0.05) is 18.5 Å². The Balaban J connectivity index is 3.03. The van der Waals surface area contributed by atoms with Crippen LogP contribution in [0.5, 0.6) is 11.5 Å². The Kier molecular flexibility index (Phi) is 7.86. The number of hydrogen-bond donors (Lipinski definition) is 2. The maximum atomic E-state index is 6.40. The second-order valence-electron chi connectivity index (χ2n) is 5.16. The molecule has 120 valence electrons. The smallest absolute Gasteiger partial charge is 0.162 e. The summed E-state index contributed by atoms with van der Waals surface area (Å²) in [5, 5.41) is 0.696. The van der Waals surface area contributed by atoms with Crippen molar-refractivity contribution < 1.29 is 9.47 Å². The molecule has 1 unspecified atom stereocenters. The van der Waals surface area contributed by atoms with Gasteiger partial charge in [0.15, 0.2) is 11.5 Å². The molecule has 0 fully saturated rings. The average molecular weight is 315 g/mol. The molecule has 0 aromatic heterocycles. The molecule has 0 amide bonds. The first-order chi connectivity index (χ1) is 10.1. The Bertz CT molecular complexity index is 437. The van der Waals surface area contributed by atoms with Crippen molar-refractivity contribution in [3.05, 3.63) is 22.7 Å².